The third-order valence-corrected chi connectivity index (χ3v) is 6.98. The molecular formula is C23H32N2O6. The Bertz CT molecular complexity index is 823. The summed E-state index contributed by atoms with van der Waals surface area (Å²) in [6.07, 6.45) is 7.97. The summed E-state index contributed by atoms with van der Waals surface area (Å²) in [6.45, 7) is 7.49. The number of cyclic esters (lactones) is 1. The number of nitrogens with zero attached hydrogens (tertiary/aromatic N) is 2. The van der Waals surface area contributed by atoms with Crippen LogP contribution in [0.15, 0.2) is 24.3 Å². The Morgan fingerprint density at radius 1 is 1.19 bits per heavy atom. The van der Waals surface area contributed by atoms with E-state index < -0.39 is 41.6 Å². The molecule has 170 valence electrons. The molecule has 7 atom stereocenters. The average Bonchev–Trinajstić information content (AvgIpc) is 3.12. The van der Waals surface area contributed by atoms with Gasteiger partial charge in [0.15, 0.2) is 0 Å². The van der Waals surface area contributed by atoms with Crippen molar-refractivity contribution in [3.05, 3.63) is 24.3 Å². The molecule has 0 aromatic carbocycles. The molecule has 0 aliphatic carbocycles. The molecule has 2 amide bonds. The zero-order chi connectivity index (χ0) is 22.5. The van der Waals surface area contributed by atoms with Crippen molar-refractivity contribution in [1.29, 1.82) is 0 Å². The topological polar surface area (TPSA) is 96.4 Å². The lowest BCUT2D eigenvalue weighted by Gasteiger charge is -2.38. The van der Waals surface area contributed by atoms with E-state index in [2.05, 4.69) is 0 Å². The van der Waals surface area contributed by atoms with Crippen LogP contribution in [0.25, 0.3) is 0 Å². The minimum Gasteiger partial charge on any atom is -0.462 e. The maximum atomic E-state index is 13.7. The Morgan fingerprint density at radius 3 is 2.61 bits per heavy atom. The van der Waals surface area contributed by atoms with E-state index in [-0.39, 0.29) is 30.6 Å². The number of aliphatic hydroxyl groups is 1. The van der Waals surface area contributed by atoms with Gasteiger partial charge in [0.2, 0.25) is 11.8 Å². The Kier molecular flexibility index (Phi) is 5.72. The molecule has 4 aliphatic rings. The van der Waals surface area contributed by atoms with Crippen LogP contribution in [0.3, 0.4) is 0 Å². The van der Waals surface area contributed by atoms with Gasteiger partial charge >= 0.3 is 5.97 Å². The Morgan fingerprint density at radius 2 is 1.94 bits per heavy atom. The van der Waals surface area contributed by atoms with Crippen molar-refractivity contribution in [2.75, 3.05) is 13.2 Å². The zero-order valence-corrected chi connectivity index (χ0v) is 18.6. The minimum absolute atomic E-state index is 0.0722. The number of amides is 2. The summed E-state index contributed by atoms with van der Waals surface area (Å²) in [6, 6.07) is -1.60. The van der Waals surface area contributed by atoms with Gasteiger partial charge in [0, 0.05) is 12.6 Å². The van der Waals surface area contributed by atoms with E-state index in [0.717, 1.165) is 6.42 Å². The first kappa shape index (κ1) is 22.0. The standard InChI is InChI=1S/C23H32N2O6/c1-13(2)24-11-7-10-23-18(20(27)25(14(3)12-26)19(23)21(24)28)17-16(31-23)9-6-5-8-15(4)30-22(17)29/h6-7,9-10,13-19,26H,5,8,11-12H2,1-4H3/b9-6-/t14?,15?,16-,17?,18+,19-,23?/m1/s1. The molecule has 4 unspecified atom stereocenters. The number of likely N-dealkylation sites (tertiary alicyclic amines) is 1. The Hall–Kier alpha value is -2.19. The fourth-order valence-electron chi connectivity index (χ4n) is 5.43. The summed E-state index contributed by atoms with van der Waals surface area (Å²) >= 11 is 0. The van der Waals surface area contributed by atoms with Crippen molar-refractivity contribution in [3.8, 4) is 0 Å². The number of rotatable bonds is 3. The lowest BCUT2D eigenvalue weighted by atomic mass is 9.78. The maximum Gasteiger partial charge on any atom is 0.313 e. The van der Waals surface area contributed by atoms with Gasteiger partial charge in [-0.1, -0.05) is 24.3 Å². The summed E-state index contributed by atoms with van der Waals surface area (Å²) in [5.41, 5.74) is -1.28. The van der Waals surface area contributed by atoms with Gasteiger partial charge < -0.3 is 24.4 Å². The minimum atomic E-state index is -1.28. The lowest BCUT2D eigenvalue weighted by Crippen LogP contribution is -2.58. The monoisotopic (exact) mass is 432 g/mol. The number of allylic oxidation sites excluding steroid dienone is 1. The molecule has 1 N–H and O–H groups in total. The van der Waals surface area contributed by atoms with Crippen molar-refractivity contribution in [2.45, 2.75) is 76.5 Å². The predicted molar refractivity (Wildman–Crippen MR) is 112 cm³/mol. The SMILES string of the molecule is CC1CC/C=C\[C@H]2OC34C=CCN(C(C)C)C(=O)[C@H]3N(C(C)CO)C(=O)[C@@H]4C2C(=O)O1. The third kappa shape index (κ3) is 3.31. The molecule has 8 nitrogen and oxygen atoms in total. The average molecular weight is 433 g/mol. The van der Waals surface area contributed by atoms with Crippen LogP contribution in [0.1, 0.15) is 40.5 Å². The van der Waals surface area contributed by atoms with Crippen molar-refractivity contribution < 1.29 is 29.0 Å². The summed E-state index contributed by atoms with van der Waals surface area (Å²) in [5, 5.41) is 9.85. The molecule has 0 aromatic heterocycles. The summed E-state index contributed by atoms with van der Waals surface area (Å²) in [7, 11) is 0. The second kappa shape index (κ2) is 8.06. The van der Waals surface area contributed by atoms with Gasteiger partial charge in [-0.25, -0.2) is 0 Å². The van der Waals surface area contributed by atoms with E-state index in [1.807, 2.05) is 39.0 Å². The quantitative estimate of drug-likeness (QED) is 0.529. The van der Waals surface area contributed by atoms with Gasteiger partial charge in [-0.2, -0.15) is 0 Å². The summed E-state index contributed by atoms with van der Waals surface area (Å²) in [4.78, 5) is 43.8. The molecular weight excluding hydrogens is 400 g/mol. The predicted octanol–water partition coefficient (Wildman–Crippen LogP) is 1.04. The van der Waals surface area contributed by atoms with Gasteiger partial charge in [-0.3, -0.25) is 14.4 Å². The molecule has 2 fully saturated rings. The largest absolute Gasteiger partial charge is 0.462 e. The number of carbonyl (C=O) groups excluding carboxylic acids is 3. The lowest BCUT2D eigenvalue weighted by molar-refractivity contribution is -0.159. The highest BCUT2D eigenvalue weighted by Crippen LogP contribution is 2.53. The van der Waals surface area contributed by atoms with E-state index in [9.17, 15) is 19.5 Å². The van der Waals surface area contributed by atoms with Crippen LogP contribution < -0.4 is 0 Å². The summed E-state index contributed by atoms with van der Waals surface area (Å²) < 4.78 is 12.1. The summed E-state index contributed by atoms with van der Waals surface area (Å²) in [5.74, 6) is -2.77. The van der Waals surface area contributed by atoms with E-state index >= 15 is 0 Å². The fraction of sp³-hybridized carbons (Fsp3) is 0.696. The molecule has 4 rings (SSSR count). The van der Waals surface area contributed by atoms with Crippen molar-refractivity contribution in [1.82, 2.24) is 9.80 Å². The number of carbonyl (C=O) groups is 3. The second-order valence-electron chi connectivity index (χ2n) is 9.36. The van der Waals surface area contributed by atoms with Crippen LogP contribution in [0.5, 0.6) is 0 Å². The molecule has 0 saturated carbocycles. The molecule has 31 heavy (non-hydrogen) atoms. The number of hydrogen-bond acceptors (Lipinski definition) is 6. The maximum absolute atomic E-state index is 13.7. The van der Waals surface area contributed by atoms with Gasteiger partial charge in [0.25, 0.3) is 0 Å². The zero-order valence-electron chi connectivity index (χ0n) is 18.6. The van der Waals surface area contributed by atoms with Crippen LogP contribution in [0.4, 0.5) is 0 Å². The molecule has 0 aromatic rings. The highest BCUT2D eigenvalue weighted by atomic mass is 16.6. The van der Waals surface area contributed by atoms with Crippen LogP contribution in [-0.2, 0) is 23.9 Å². The molecule has 4 aliphatic heterocycles. The highest BCUT2D eigenvalue weighted by molar-refractivity contribution is 5.99. The van der Waals surface area contributed by atoms with E-state index in [1.165, 1.54) is 4.90 Å². The van der Waals surface area contributed by atoms with Crippen molar-refractivity contribution >= 4 is 17.8 Å². The third-order valence-electron chi connectivity index (χ3n) is 6.98. The molecule has 2 saturated heterocycles. The van der Waals surface area contributed by atoms with Crippen LogP contribution >= 0.6 is 0 Å². The van der Waals surface area contributed by atoms with E-state index in [4.69, 9.17) is 9.47 Å². The molecule has 1 spiro atoms. The first-order valence-electron chi connectivity index (χ1n) is 11.2. The molecule has 8 heteroatoms. The smallest absolute Gasteiger partial charge is 0.313 e. The Balaban J connectivity index is 1.85. The molecule has 0 bridgehead atoms. The number of hydrogen-bond donors (Lipinski definition) is 1. The van der Waals surface area contributed by atoms with E-state index in [1.54, 1.807) is 17.9 Å². The molecule has 0 radical (unpaired) electrons. The Labute approximate surface area is 182 Å². The number of fused-ring (bicyclic) bond motifs is 2. The number of ether oxygens (including phenoxy) is 2. The second-order valence-corrected chi connectivity index (χ2v) is 9.36. The van der Waals surface area contributed by atoms with Crippen LogP contribution in [-0.4, -0.2) is 81.8 Å². The molecule has 4 heterocycles. The highest BCUT2D eigenvalue weighted by Gasteiger charge is 2.72. The normalized spacial score (nSPS) is 39.8. The number of esters is 1. The van der Waals surface area contributed by atoms with Gasteiger partial charge in [0.1, 0.15) is 17.6 Å². The van der Waals surface area contributed by atoms with Crippen LogP contribution in [0, 0.1) is 11.8 Å². The van der Waals surface area contributed by atoms with Crippen LogP contribution in [0.2, 0.25) is 0 Å². The van der Waals surface area contributed by atoms with Gasteiger partial charge in [-0.05, 0) is 40.5 Å². The van der Waals surface area contributed by atoms with Gasteiger partial charge in [-0.15, -0.1) is 0 Å². The van der Waals surface area contributed by atoms with E-state index in [0.29, 0.717) is 13.0 Å². The first-order chi connectivity index (χ1) is 14.7. The first-order valence-corrected chi connectivity index (χ1v) is 11.2. The van der Waals surface area contributed by atoms with Crippen molar-refractivity contribution in [3.63, 3.8) is 0 Å². The fourth-order valence-corrected chi connectivity index (χ4v) is 5.43. The van der Waals surface area contributed by atoms with Gasteiger partial charge in [0.05, 0.1) is 30.8 Å². The number of aliphatic hydroxyl groups excluding tert-OH is 1. The van der Waals surface area contributed by atoms with Crippen molar-refractivity contribution in [2.24, 2.45) is 11.8 Å².